The summed E-state index contributed by atoms with van der Waals surface area (Å²) in [5, 5.41) is 3.33. The third-order valence-corrected chi connectivity index (χ3v) is 5.14. The molecule has 1 aliphatic rings. The fourth-order valence-electron chi connectivity index (χ4n) is 2.54. The van der Waals surface area contributed by atoms with Crippen LogP contribution in [0.2, 0.25) is 0 Å². The van der Waals surface area contributed by atoms with Crippen molar-refractivity contribution < 1.29 is 13.2 Å². The van der Waals surface area contributed by atoms with Crippen LogP contribution in [0, 0.1) is 0 Å². The molecule has 0 aliphatic carbocycles. The minimum Gasteiger partial charge on any atom is -0.383 e. The van der Waals surface area contributed by atoms with Crippen LogP contribution < -0.4 is 10.0 Å². The third-order valence-electron chi connectivity index (χ3n) is 3.50. The minimum atomic E-state index is -3.40. The molecule has 1 saturated heterocycles. The van der Waals surface area contributed by atoms with Crippen molar-refractivity contribution >= 4 is 10.2 Å². The van der Waals surface area contributed by atoms with Gasteiger partial charge in [-0.2, -0.15) is 17.4 Å². The van der Waals surface area contributed by atoms with Gasteiger partial charge in [0, 0.05) is 32.3 Å². The third kappa shape index (κ3) is 5.00. The Labute approximate surface area is 117 Å². The lowest BCUT2D eigenvalue weighted by molar-refractivity contribution is 0.195. The Kier molecular flexibility index (Phi) is 7.23. The summed E-state index contributed by atoms with van der Waals surface area (Å²) in [6.45, 7) is 6.25. The number of likely N-dealkylation sites (N-methyl/N-ethyl adjacent to an activating group) is 1. The molecule has 114 valence electrons. The maximum absolute atomic E-state index is 12.3. The van der Waals surface area contributed by atoms with Gasteiger partial charge in [0.25, 0.3) is 10.2 Å². The number of hydrogen-bond acceptors (Lipinski definition) is 4. The van der Waals surface area contributed by atoms with Gasteiger partial charge in [0.2, 0.25) is 0 Å². The van der Waals surface area contributed by atoms with Crippen LogP contribution >= 0.6 is 0 Å². The molecule has 0 amide bonds. The summed E-state index contributed by atoms with van der Waals surface area (Å²) >= 11 is 0. The average molecular weight is 293 g/mol. The van der Waals surface area contributed by atoms with Gasteiger partial charge in [0.1, 0.15) is 0 Å². The van der Waals surface area contributed by atoms with Gasteiger partial charge in [-0.25, -0.2) is 0 Å². The molecular formula is C12H27N3O3S. The highest BCUT2D eigenvalue weighted by Gasteiger charge is 2.34. The van der Waals surface area contributed by atoms with E-state index in [9.17, 15) is 8.42 Å². The lowest BCUT2D eigenvalue weighted by Gasteiger charge is -2.38. The maximum Gasteiger partial charge on any atom is 0.279 e. The molecule has 2 atom stereocenters. The first-order valence-corrected chi connectivity index (χ1v) is 8.45. The molecule has 0 radical (unpaired) electrons. The molecule has 6 nitrogen and oxygen atoms in total. The van der Waals surface area contributed by atoms with Gasteiger partial charge in [-0.15, -0.1) is 0 Å². The molecule has 0 aromatic heterocycles. The number of piperidine rings is 1. The normalized spacial score (nSPS) is 23.4. The van der Waals surface area contributed by atoms with Crippen molar-refractivity contribution in [3.63, 3.8) is 0 Å². The van der Waals surface area contributed by atoms with Gasteiger partial charge in [0.15, 0.2) is 0 Å². The van der Waals surface area contributed by atoms with Gasteiger partial charge in [-0.1, -0.05) is 13.3 Å². The molecule has 1 heterocycles. The first kappa shape index (κ1) is 16.8. The number of nitrogens with zero attached hydrogens (tertiary/aromatic N) is 1. The fraction of sp³-hybridized carbons (Fsp3) is 1.00. The second kappa shape index (κ2) is 8.16. The SMILES string of the molecule is CCNC(C)C1CCCCN1S(=O)(=O)NCCOC. The number of methoxy groups -OCH3 is 1. The van der Waals surface area contributed by atoms with Crippen LogP contribution in [0.3, 0.4) is 0 Å². The Morgan fingerprint density at radius 1 is 1.42 bits per heavy atom. The van der Waals surface area contributed by atoms with Crippen molar-refractivity contribution in [1.29, 1.82) is 0 Å². The number of rotatable bonds is 8. The van der Waals surface area contributed by atoms with Crippen molar-refractivity contribution in [3.05, 3.63) is 0 Å². The molecule has 0 aromatic rings. The molecule has 2 unspecified atom stereocenters. The summed E-state index contributed by atoms with van der Waals surface area (Å²) < 4.78 is 33.7. The predicted octanol–water partition coefficient (Wildman–Crippen LogP) is 0.320. The summed E-state index contributed by atoms with van der Waals surface area (Å²) in [5.41, 5.74) is 0. The second-order valence-electron chi connectivity index (χ2n) is 4.91. The Bertz CT molecular complexity index is 348. The fourth-order valence-corrected chi connectivity index (χ4v) is 4.06. The van der Waals surface area contributed by atoms with Crippen molar-refractivity contribution in [3.8, 4) is 0 Å². The second-order valence-corrected chi connectivity index (χ2v) is 6.62. The molecule has 0 saturated carbocycles. The van der Waals surface area contributed by atoms with E-state index in [1.807, 2.05) is 6.92 Å². The van der Waals surface area contributed by atoms with E-state index in [0.717, 1.165) is 25.8 Å². The highest BCUT2D eigenvalue weighted by Crippen LogP contribution is 2.22. The molecule has 1 aliphatic heterocycles. The number of nitrogens with one attached hydrogen (secondary N) is 2. The van der Waals surface area contributed by atoms with Gasteiger partial charge in [-0.05, 0) is 26.3 Å². The lowest BCUT2D eigenvalue weighted by Crippen LogP contribution is -2.56. The summed E-state index contributed by atoms with van der Waals surface area (Å²) in [4.78, 5) is 0. The first-order chi connectivity index (χ1) is 9.03. The molecular weight excluding hydrogens is 266 g/mol. The summed E-state index contributed by atoms with van der Waals surface area (Å²) in [5.74, 6) is 0. The van der Waals surface area contributed by atoms with E-state index in [-0.39, 0.29) is 12.1 Å². The zero-order valence-corrected chi connectivity index (χ0v) is 13.0. The maximum atomic E-state index is 12.3. The molecule has 2 N–H and O–H groups in total. The zero-order valence-electron chi connectivity index (χ0n) is 12.2. The van der Waals surface area contributed by atoms with Crippen LogP contribution in [0.1, 0.15) is 33.1 Å². The molecule has 7 heteroatoms. The topological polar surface area (TPSA) is 70.7 Å². The summed E-state index contributed by atoms with van der Waals surface area (Å²) in [6.07, 6.45) is 2.93. The monoisotopic (exact) mass is 293 g/mol. The van der Waals surface area contributed by atoms with Gasteiger partial charge in [-0.3, -0.25) is 0 Å². The van der Waals surface area contributed by atoms with Crippen molar-refractivity contribution in [2.24, 2.45) is 0 Å². The van der Waals surface area contributed by atoms with Crippen LogP contribution in [-0.2, 0) is 14.9 Å². The van der Waals surface area contributed by atoms with Crippen molar-refractivity contribution in [1.82, 2.24) is 14.3 Å². The van der Waals surface area contributed by atoms with E-state index in [2.05, 4.69) is 17.0 Å². The van der Waals surface area contributed by atoms with Crippen molar-refractivity contribution in [2.45, 2.75) is 45.2 Å². The van der Waals surface area contributed by atoms with E-state index in [4.69, 9.17) is 4.74 Å². The Balaban J connectivity index is 2.69. The van der Waals surface area contributed by atoms with E-state index in [1.54, 1.807) is 11.4 Å². The molecule has 0 bridgehead atoms. The first-order valence-electron chi connectivity index (χ1n) is 7.01. The van der Waals surface area contributed by atoms with Crippen LogP contribution in [0.25, 0.3) is 0 Å². The molecule has 0 aromatic carbocycles. The average Bonchev–Trinajstić information content (AvgIpc) is 2.39. The van der Waals surface area contributed by atoms with E-state index in [1.165, 1.54) is 0 Å². The predicted molar refractivity (Wildman–Crippen MR) is 76.3 cm³/mol. The number of ether oxygens (including phenoxy) is 1. The standard InChI is InChI=1S/C12H27N3O3S/c1-4-13-11(2)12-7-5-6-9-15(12)19(16,17)14-8-10-18-3/h11-14H,4-10H2,1-3H3. The van der Waals surface area contributed by atoms with Gasteiger partial charge in [0.05, 0.1) is 6.61 Å². The molecule has 1 rings (SSSR count). The van der Waals surface area contributed by atoms with E-state index >= 15 is 0 Å². The van der Waals surface area contributed by atoms with E-state index < -0.39 is 10.2 Å². The molecule has 1 fully saturated rings. The molecule has 19 heavy (non-hydrogen) atoms. The van der Waals surface area contributed by atoms with Crippen molar-refractivity contribution in [2.75, 3.05) is 33.4 Å². The minimum absolute atomic E-state index is 0.0359. The van der Waals surface area contributed by atoms with Crippen LogP contribution in [-0.4, -0.2) is 58.2 Å². The highest BCUT2D eigenvalue weighted by molar-refractivity contribution is 7.87. The highest BCUT2D eigenvalue weighted by atomic mass is 32.2. The number of hydrogen-bond donors (Lipinski definition) is 2. The van der Waals surface area contributed by atoms with Crippen LogP contribution in [0.4, 0.5) is 0 Å². The largest absolute Gasteiger partial charge is 0.383 e. The zero-order chi connectivity index (χ0) is 14.3. The van der Waals surface area contributed by atoms with Crippen LogP contribution in [0.15, 0.2) is 0 Å². The smallest absolute Gasteiger partial charge is 0.279 e. The summed E-state index contributed by atoms with van der Waals surface area (Å²) in [7, 11) is -1.84. The van der Waals surface area contributed by atoms with Crippen LogP contribution in [0.5, 0.6) is 0 Å². The lowest BCUT2D eigenvalue weighted by atomic mass is 9.99. The Morgan fingerprint density at radius 2 is 2.16 bits per heavy atom. The molecule has 0 spiro atoms. The quantitative estimate of drug-likeness (QED) is 0.632. The Hall–Kier alpha value is -0.210. The summed E-state index contributed by atoms with van der Waals surface area (Å²) in [6, 6.07) is 0.207. The van der Waals surface area contributed by atoms with Gasteiger partial charge < -0.3 is 10.1 Å². The Morgan fingerprint density at radius 3 is 2.79 bits per heavy atom. The van der Waals surface area contributed by atoms with E-state index in [0.29, 0.717) is 19.7 Å². The van der Waals surface area contributed by atoms with Gasteiger partial charge >= 0.3 is 0 Å².